The Bertz CT molecular complexity index is 1320. The summed E-state index contributed by atoms with van der Waals surface area (Å²) in [6, 6.07) is 13.4. The molecule has 1 fully saturated rings. The van der Waals surface area contributed by atoms with Crippen LogP contribution in [0.1, 0.15) is 0 Å². The zero-order valence-corrected chi connectivity index (χ0v) is 18.1. The molecule has 1 aliphatic heterocycles. The van der Waals surface area contributed by atoms with Gasteiger partial charge in [-0.1, -0.05) is 11.6 Å². The summed E-state index contributed by atoms with van der Waals surface area (Å²) >= 11 is 6.06. The van der Waals surface area contributed by atoms with Gasteiger partial charge in [0.05, 0.1) is 29.3 Å². The number of anilines is 2. The number of piperazine rings is 1. The minimum atomic E-state index is -0.319. The van der Waals surface area contributed by atoms with Crippen LogP contribution < -0.4 is 15.0 Å². The van der Waals surface area contributed by atoms with E-state index in [4.69, 9.17) is 21.3 Å². The Labute approximate surface area is 189 Å². The van der Waals surface area contributed by atoms with Crippen LogP contribution in [-0.2, 0) is 0 Å². The highest BCUT2D eigenvalue weighted by molar-refractivity contribution is 6.31. The third-order valence-electron chi connectivity index (χ3n) is 5.67. The summed E-state index contributed by atoms with van der Waals surface area (Å²) in [6.07, 6.45) is 1.95. The van der Waals surface area contributed by atoms with Crippen LogP contribution in [0.4, 0.5) is 20.7 Å². The number of amides is 2. The van der Waals surface area contributed by atoms with E-state index in [1.807, 2.05) is 22.7 Å². The van der Waals surface area contributed by atoms with Gasteiger partial charge in [0.25, 0.3) is 0 Å². The van der Waals surface area contributed by atoms with Crippen LogP contribution in [0.25, 0.3) is 16.6 Å². The van der Waals surface area contributed by atoms with E-state index in [0.29, 0.717) is 48.2 Å². The molecule has 5 rings (SSSR count). The fourth-order valence-electron chi connectivity index (χ4n) is 4.06. The van der Waals surface area contributed by atoms with E-state index in [9.17, 15) is 9.18 Å². The first-order valence-electron chi connectivity index (χ1n) is 10.2. The molecule has 0 spiro atoms. The molecule has 2 aromatic heterocycles. The van der Waals surface area contributed by atoms with Crippen LogP contribution in [-0.4, -0.2) is 53.6 Å². The van der Waals surface area contributed by atoms with Gasteiger partial charge in [-0.2, -0.15) is 0 Å². The lowest BCUT2D eigenvalue weighted by molar-refractivity contribution is 0.208. The van der Waals surface area contributed by atoms with Crippen molar-refractivity contribution in [3.63, 3.8) is 0 Å². The second-order valence-corrected chi connectivity index (χ2v) is 8.02. The Balaban J connectivity index is 1.35. The number of hydrogen-bond acceptors (Lipinski definition) is 4. The summed E-state index contributed by atoms with van der Waals surface area (Å²) in [5.41, 5.74) is 2.92. The number of halogens is 2. The molecule has 0 bridgehead atoms. The summed E-state index contributed by atoms with van der Waals surface area (Å²) in [6.45, 7) is 2.25. The van der Waals surface area contributed by atoms with E-state index in [1.165, 1.54) is 12.1 Å². The van der Waals surface area contributed by atoms with Gasteiger partial charge in [0.1, 0.15) is 11.6 Å². The smallest absolute Gasteiger partial charge is 0.322 e. The SMILES string of the molecule is COc1ccc(Cl)cc1NC(=O)N1CCN(c2nc3cc(F)ccc3n3cccc23)CC1. The molecule has 0 atom stereocenters. The number of urea groups is 1. The minimum Gasteiger partial charge on any atom is -0.495 e. The zero-order valence-electron chi connectivity index (χ0n) is 17.4. The number of nitrogens with one attached hydrogen (secondary N) is 1. The molecule has 2 amide bonds. The predicted octanol–water partition coefficient (Wildman–Crippen LogP) is 4.64. The summed E-state index contributed by atoms with van der Waals surface area (Å²) < 4.78 is 21.1. The van der Waals surface area contributed by atoms with Gasteiger partial charge in [-0.3, -0.25) is 0 Å². The van der Waals surface area contributed by atoms with E-state index in [2.05, 4.69) is 10.2 Å². The Hall–Kier alpha value is -3.52. The monoisotopic (exact) mass is 453 g/mol. The topological polar surface area (TPSA) is 62.1 Å². The number of ether oxygens (including phenoxy) is 1. The molecule has 1 aliphatic rings. The third-order valence-corrected chi connectivity index (χ3v) is 5.91. The minimum absolute atomic E-state index is 0.216. The second-order valence-electron chi connectivity index (χ2n) is 7.58. The number of rotatable bonds is 3. The maximum atomic E-state index is 13.8. The zero-order chi connectivity index (χ0) is 22.2. The highest BCUT2D eigenvalue weighted by Gasteiger charge is 2.24. The van der Waals surface area contributed by atoms with Crippen LogP contribution in [0.15, 0.2) is 54.7 Å². The number of nitrogens with zero attached hydrogens (tertiary/aromatic N) is 4. The van der Waals surface area contributed by atoms with Crippen molar-refractivity contribution in [3.05, 3.63) is 65.6 Å². The van der Waals surface area contributed by atoms with Crippen molar-refractivity contribution in [2.45, 2.75) is 0 Å². The van der Waals surface area contributed by atoms with Gasteiger partial charge in [-0.15, -0.1) is 0 Å². The van der Waals surface area contributed by atoms with Gasteiger partial charge in [0.15, 0.2) is 5.82 Å². The fourth-order valence-corrected chi connectivity index (χ4v) is 4.23. The molecular weight excluding hydrogens is 433 g/mol. The number of fused-ring (bicyclic) bond motifs is 3. The maximum absolute atomic E-state index is 13.8. The molecule has 32 heavy (non-hydrogen) atoms. The number of carbonyl (C=O) groups excluding carboxylic acids is 1. The molecular formula is C23H21ClFN5O2. The Kier molecular flexibility index (Phi) is 5.22. The van der Waals surface area contributed by atoms with E-state index in [1.54, 1.807) is 36.3 Å². The standard InChI is InChI=1S/C23H21ClFN5O2/c1-32-21-7-4-15(24)13-18(21)27-23(31)29-11-9-28(10-12-29)22-20-3-2-8-30(20)19-6-5-16(25)14-17(19)26-22/h2-8,13-14H,9-12H2,1H3,(H,27,31). The molecule has 3 heterocycles. The van der Waals surface area contributed by atoms with Crippen molar-refractivity contribution in [3.8, 4) is 5.75 Å². The lowest BCUT2D eigenvalue weighted by Crippen LogP contribution is -2.50. The molecule has 0 unspecified atom stereocenters. The molecule has 2 aromatic carbocycles. The molecule has 0 saturated carbocycles. The molecule has 164 valence electrons. The quantitative estimate of drug-likeness (QED) is 0.491. The largest absolute Gasteiger partial charge is 0.495 e. The van der Waals surface area contributed by atoms with Crippen molar-refractivity contribution >= 4 is 45.7 Å². The van der Waals surface area contributed by atoms with Gasteiger partial charge in [0.2, 0.25) is 0 Å². The van der Waals surface area contributed by atoms with Crippen molar-refractivity contribution in [2.75, 3.05) is 43.5 Å². The normalized spacial score (nSPS) is 14.2. The van der Waals surface area contributed by atoms with Crippen LogP contribution in [0.3, 0.4) is 0 Å². The highest BCUT2D eigenvalue weighted by Crippen LogP contribution is 2.29. The molecule has 1 saturated heterocycles. The Morgan fingerprint density at radius 1 is 1.09 bits per heavy atom. The average Bonchev–Trinajstić information content (AvgIpc) is 3.29. The van der Waals surface area contributed by atoms with E-state index >= 15 is 0 Å². The predicted molar refractivity (Wildman–Crippen MR) is 123 cm³/mol. The number of carbonyl (C=O) groups is 1. The van der Waals surface area contributed by atoms with Gasteiger partial charge in [0, 0.05) is 43.5 Å². The summed E-state index contributed by atoms with van der Waals surface area (Å²) in [5, 5.41) is 3.39. The lowest BCUT2D eigenvalue weighted by atomic mass is 10.2. The van der Waals surface area contributed by atoms with Gasteiger partial charge in [-0.25, -0.2) is 14.2 Å². The summed E-state index contributed by atoms with van der Waals surface area (Å²) in [4.78, 5) is 21.4. The van der Waals surface area contributed by atoms with Crippen molar-refractivity contribution in [2.24, 2.45) is 0 Å². The Morgan fingerprint density at radius 2 is 1.91 bits per heavy atom. The van der Waals surface area contributed by atoms with E-state index in [-0.39, 0.29) is 11.8 Å². The molecule has 0 aliphatic carbocycles. The number of aromatic nitrogens is 2. The molecule has 7 nitrogen and oxygen atoms in total. The van der Waals surface area contributed by atoms with E-state index < -0.39 is 0 Å². The number of methoxy groups -OCH3 is 1. The number of benzene rings is 2. The molecule has 9 heteroatoms. The van der Waals surface area contributed by atoms with Crippen LogP contribution >= 0.6 is 11.6 Å². The fraction of sp³-hybridized carbons (Fsp3) is 0.217. The number of hydrogen-bond donors (Lipinski definition) is 1. The van der Waals surface area contributed by atoms with Crippen molar-refractivity contribution < 1.29 is 13.9 Å². The first-order valence-corrected chi connectivity index (χ1v) is 10.6. The van der Waals surface area contributed by atoms with Gasteiger partial charge >= 0.3 is 6.03 Å². The van der Waals surface area contributed by atoms with Gasteiger partial charge in [-0.05, 0) is 42.5 Å². The van der Waals surface area contributed by atoms with Crippen LogP contribution in [0.2, 0.25) is 5.02 Å². The van der Waals surface area contributed by atoms with E-state index in [0.717, 1.165) is 16.9 Å². The van der Waals surface area contributed by atoms with Gasteiger partial charge < -0.3 is 24.3 Å². The summed E-state index contributed by atoms with van der Waals surface area (Å²) in [7, 11) is 1.54. The first kappa shape index (κ1) is 20.4. The molecule has 4 aromatic rings. The molecule has 1 N–H and O–H groups in total. The maximum Gasteiger partial charge on any atom is 0.322 e. The second kappa shape index (κ2) is 8.20. The summed E-state index contributed by atoms with van der Waals surface area (Å²) in [5.74, 6) is 1.01. The lowest BCUT2D eigenvalue weighted by Gasteiger charge is -2.35. The van der Waals surface area contributed by atoms with Crippen molar-refractivity contribution in [1.82, 2.24) is 14.3 Å². The average molecular weight is 454 g/mol. The van der Waals surface area contributed by atoms with Crippen LogP contribution in [0.5, 0.6) is 5.75 Å². The Morgan fingerprint density at radius 3 is 2.69 bits per heavy atom. The van der Waals surface area contributed by atoms with Crippen molar-refractivity contribution in [1.29, 1.82) is 0 Å². The molecule has 0 radical (unpaired) electrons. The van der Waals surface area contributed by atoms with Crippen LogP contribution in [0, 0.1) is 5.82 Å². The third kappa shape index (κ3) is 3.67. The first-order chi connectivity index (χ1) is 15.5. The highest BCUT2D eigenvalue weighted by atomic mass is 35.5.